The molecule has 3 heteroatoms. The third kappa shape index (κ3) is 4.58. The molecule has 1 aliphatic rings. The van der Waals surface area contributed by atoms with Gasteiger partial charge in [0.15, 0.2) is 0 Å². The van der Waals surface area contributed by atoms with Gasteiger partial charge in [0.25, 0.3) is 0 Å². The molecule has 84 valence electrons. The zero-order chi connectivity index (χ0) is 10.6. The predicted molar refractivity (Wildman–Crippen MR) is 61.2 cm³/mol. The summed E-state index contributed by atoms with van der Waals surface area (Å²) in [5, 5.41) is 0. The van der Waals surface area contributed by atoms with Crippen LogP contribution in [0.25, 0.3) is 0 Å². The molecule has 0 bridgehead atoms. The molecular formula is C11H24O2Si. The van der Waals surface area contributed by atoms with Crippen LogP contribution in [-0.2, 0) is 0 Å². The van der Waals surface area contributed by atoms with Crippen molar-refractivity contribution in [3.8, 4) is 0 Å². The van der Waals surface area contributed by atoms with Gasteiger partial charge in [0.2, 0.25) is 0 Å². The average Bonchev–Trinajstić information content (AvgIpc) is 2.02. The monoisotopic (exact) mass is 216 g/mol. The quantitative estimate of drug-likeness (QED) is 0.709. The Bertz CT molecular complexity index is 163. The van der Waals surface area contributed by atoms with Gasteiger partial charge in [-0.2, -0.15) is 0 Å². The first-order valence-corrected chi connectivity index (χ1v) is 8.25. The lowest BCUT2D eigenvalue weighted by atomic mass is 9.91. The van der Waals surface area contributed by atoms with Gasteiger partial charge in [0.05, 0.1) is 0 Å². The first-order valence-electron chi connectivity index (χ1n) is 5.94. The first-order chi connectivity index (χ1) is 6.49. The smallest absolute Gasteiger partial charge is 0.333 e. The Hall–Kier alpha value is 0.137. The van der Waals surface area contributed by atoms with Crippen LogP contribution in [0.1, 0.15) is 46.0 Å². The summed E-state index contributed by atoms with van der Waals surface area (Å²) in [7, 11) is -2.85. The van der Waals surface area contributed by atoms with Crippen molar-refractivity contribution in [2.45, 2.75) is 58.0 Å². The molecule has 0 saturated heterocycles. The third-order valence-electron chi connectivity index (χ3n) is 3.08. The summed E-state index contributed by atoms with van der Waals surface area (Å²) >= 11 is 0. The van der Waals surface area contributed by atoms with Crippen LogP contribution < -0.4 is 0 Å². The molecule has 1 saturated carbocycles. The molecule has 0 aliphatic heterocycles. The maximum Gasteiger partial charge on any atom is 0.333 e. The SMILES string of the molecule is CC(C)C[Si](O)(O)CC1CCCCC1. The zero-order valence-corrected chi connectivity index (χ0v) is 10.5. The lowest BCUT2D eigenvalue weighted by molar-refractivity contribution is 0.304. The van der Waals surface area contributed by atoms with Crippen LogP contribution >= 0.6 is 0 Å². The van der Waals surface area contributed by atoms with Crippen molar-refractivity contribution in [2.24, 2.45) is 11.8 Å². The standard InChI is InChI=1S/C11H24O2Si/c1-10(2)8-14(12,13)9-11-6-4-3-5-7-11/h10-13H,3-9H2,1-2H3. The maximum absolute atomic E-state index is 9.93. The number of hydrogen-bond acceptors (Lipinski definition) is 2. The van der Waals surface area contributed by atoms with Crippen LogP contribution in [0.5, 0.6) is 0 Å². The van der Waals surface area contributed by atoms with Crippen molar-refractivity contribution in [3.05, 3.63) is 0 Å². The molecule has 0 aromatic heterocycles. The van der Waals surface area contributed by atoms with Gasteiger partial charge >= 0.3 is 8.56 Å². The summed E-state index contributed by atoms with van der Waals surface area (Å²) in [4.78, 5) is 19.9. The summed E-state index contributed by atoms with van der Waals surface area (Å²) in [5.41, 5.74) is 0. The van der Waals surface area contributed by atoms with Gasteiger partial charge in [0.1, 0.15) is 0 Å². The van der Waals surface area contributed by atoms with E-state index >= 15 is 0 Å². The van der Waals surface area contributed by atoms with Crippen molar-refractivity contribution in [2.75, 3.05) is 0 Å². The van der Waals surface area contributed by atoms with Gasteiger partial charge in [-0.25, -0.2) is 0 Å². The minimum Gasteiger partial charge on any atom is -0.411 e. The van der Waals surface area contributed by atoms with E-state index < -0.39 is 8.56 Å². The largest absolute Gasteiger partial charge is 0.411 e. The normalized spacial score (nSPS) is 20.4. The Balaban J connectivity index is 2.32. The summed E-state index contributed by atoms with van der Waals surface area (Å²) in [5.74, 6) is 1.02. The zero-order valence-electron chi connectivity index (χ0n) is 9.50. The second-order valence-corrected chi connectivity index (χ2v) is 8.07. The second kappa shape index (κ2) is 5.28. The van der Waals surface area contributed by atoms with E-state index in [1.165, 1.54) is 32.1 Å². The molecule has 0 amide bonds. The summed E-state index contributed by atoms with van der Waals surface area (Å²) in [6, 6.07) is 1.36. The van der Waals surface area contributed by atoms with Crippen molar-refractivity contribution < 1.29 is 9.59 Å². The van der Waals surface area contributed by atoms with Gasteiger partial charge in [-0.1, -0.05) is 46.0 Å². The van der Waals surface area contributed by atoms with E-state index in [-0.39, 0.29) is 0 Å². The highest BCUT2D eigenvalue weighted by molar-refractivity contribution is 6.64. The topological polar surface area (TPSA) is 40.5 Å². The summed E-state index contributed by atoms with van der Waals surface area (Å²) in [6.45, 7) is 4.13. The molecule has 0 spiro atoms. The maximum atomic E-state index is 9.93. The highest BCUT2D eigenvalue weighted by Gasteiger charge is 2.33. The highest BCUT2D eigenvalue weighted by atomic mass is 28.4. The van der Waals surface area contributed by atoms with Gasteiger partial charge < -0.3 is 9.59 Å². The van der Waals surface area contributed by atoms with Crippen LogP contribution in [0.4, 0.5) is 0 Å². The van der Waals surface area contributed by atoms with E-state index in [1.807, 2.05) is 0 Å². The lowest BCUT2D eigenvalue weighted by Crippen LogP contribution is -2.38. The minimum absolute atomic E-state index is 0.417. The molecule has 1 aliphatic carbocycles. The van der Waals surface area contributed by atoms with E-state index in [9.17, 15) is 9.59 Å². The molecule has 14 heavy (non-hydrogen) atoms. The second-order valence-electron chi connectivity index (χ2n) is 5.29. The number of rotatable bonds is 4. The molecule has 0 unspecified atom stereocenters. The Morgan fingerprint density at radius 1 is 1.14 bits per heavy atom. The third-order valence-corrected chi connectivity index (χ3v) is 5.78. The fourth-order valence-corrected chi connectivity index (χ4v) is 5.40. The van der Waals surface area contributed by atoms with Crippen LogP contribution in [0.2, 0.25) is 12.1 Å². The van der Waals surface area contributed by atoms with Gasteiger partial charge in [-0.05, 0) is 23.9 Å². The predicted octanol–water partition coefficient (Wildman–Crippen LogP) is 2.65. The van der Waals surface area contributed by atoms with E-state index in [0.29, 0.717) is 23.9 Å². The van der Waals surface area contributed by atoms with E-state index in [0.717, 1.165) is 0 Å². The van der Waals surface area contributed by atoms with Crippen LogP contribution in [0.3, 0.4) is 0 Å². The van der Waals surface area contributed by atoms with Crippen molar-refractivity contribution in [1.29, 1.82) is 0 Å². The van der Waals surface area contributed by atoms with E-state index in [4.69, 9.17) is 0 Å². The Morgan fingerprint density at radius 2 is 1.71 bits per heavy atom. The molecule has 0 aromatic carbocycles. The summed E-state index contributed by atoms with van der Waals surface area (Å²) in [6.07, 6.45) is 6.35. The number of hydrogen-bond donors (Lipinski definition) is 2. The molecule has 2 nitrogen and oxygen atoms in total. The van der Waals surface area contributed by atoms with Crippen LogP contribution in [0, 0.1) is 11.8 Å². The Morgan fingerprint density at radius 3 is 2.21 bits per heavy atom. The van der Waals surface area contributed by atoms with Crippen molar-refractivity contribution in [3.63, 3.8) is 0 Å². The van der Waals surface area contributed by atoms with Gasteiger partial charge in [-0.3, -0.25) is 0 Å². The van der Waals surface area contributed by atoms with E-state index in [1.54, 1.807) is 0 Å². The van der Waals surface area contributed by atoms with Crippen molar-refractivity contribution in [1.82, 2.24) is 0 Å². The lowest BCUT2D eigenvalue weighted by Gasteiger charge is -2.28. The molecule has 0 heterocycles. The van der Waals surface area contributed by atoms with Gasteiger partial charge in [-0.15, -0.1) is 0 Å². The Labute approximate surface area is 88.6 Å². The van der Waals surface area contributed by atoms with Crippen molar-refractivity contribution >= 4 is 8.56 Å². The fourth-order valence-electron chi connectivity index (χ4n) is 2.59. The van der Waals surface area contributed by atoms with Crippen LogP contribution in [0.15, 0.2) is 0 Å². The summed E-state index contributed by atoms with van der Waals surface area (Å²) < 4.78 is 0. The fraction of sp³-hybridized carbons (Fsp3) is 1.00. The molecular weight excluding hydrogens is 192 g/mol. The molecule has 1 fully saturated rings. The highest BCUT2D eigenvalue weighted by Crippen LogP contribution is 2.31. The molecule has 1 rings (SSSR count). The molecule has 0 radical (unpaired) electrons. The van der Waals surface area contributed by atoms with Crippen LogP contribution in [-0.4, -0.2) is 18.2 Å². The van der Waals surface area contributed by atoms with E-state index in [2.05, 4.69) is 13.8 Å². The average molecular weight is 216 g/mol. The molecule has 0 atom stereocenters. The minimum atomic E-state index is -2.85. The molecule has 0 aromatic rings. The Kier molecular flexibility index (Phi) is 4.61. The molecule has 2 N–H and O–H groups in total. The first kappa shape index (κ1) is 12.2. The van der Waals surface area contributed by atoms with Gasteiger partial charge in [0, 0.05) is 0 Å².